The highest BCUT2D eigenvalue weighted by Crippen LogP contribution is 2.34. The standard InChI is InChI=1S/C19H24N2O5/c22-18(23)10-21(9-12-5-6-12)14-7-13(8-14)20-19(24)17-11-25-15-3-1-2-4-16(15)26-17/h1-4,12-14,17H,5-11H2,(H,20,24)(H,22,23). The molecule has 1 amide bonds. The van der Waals surface area contributed by atoms with E-state index in [0.29, 0.717) is 17.4 Å². The number of benzene rings is 1. The molecule has 2 N–H and O–H groups in total. The SMILES string of the molecule is O=C(O)CN(CC1CC1)C1CC(NC(=O)C2COc3ccccc3O2)C1. The second-order valence-electron chi connectivity index (χ2n) is 7.46. The first kappa shape index (κ1) is 17.1. The van der Waals surface area contributed by atoms with Gasteiger partial charge in [-0.2, -0.15) is 0 Å². The number of para-hydroxylation sites is 2. The molecule has 1 atom stereocenters. The first-order valence-electron chi connectivity index (χ1n) is 9.23. The highest BCUT2D eigenvalue weighted by atomic mass is 16.6. The van der Waals surface area contributed by atoms with Gasteiger partial charge < -0.3 is 19.9 Å². The van der Waals surface area contributed by atoms with Crippen molar-refractivity contribution >= 4 is 11.9 Å². The summed E-state index contributed by atoms with van der Waals surface area (Å²) in [5.41, 5.74) is 0. The molecule has 0 spiro atoms. The number of carbonyl (C=O) groups is 2. The van der Waals surface area contributed by atoms with Crippen LogP contribution in [0, 0.1) is 5.92 Å². The Labute approximate surface area is 152 Å². The Bertz CT molecular complexity index is 684. The zero-order valence-electron chi connectivity index (χ0n) is 14.6. The van der Waals surface area contributed by atoms with E-state index in [1.807, 2.05) is 18.2 Å². The number of hydrogen-bond acceptors (Lipinski definition) is 5. The molecular weight excluding hydrogens is 336 g/mol. The summed E-state index contributed by atoms with van der Waals surface area (Å²) in [6.07, 6.45) is 3.32. The first-order valence-corrected chi connectivity index (χ1v) is 9.23. The summed E-state index contributed by atoms with van der Waals surface area (Å²) >= 11 is 0. The van der Waals surface area contributed by atoms with Crippen molar-refractivity contribution in [1.29, 1.82) is 0 Å². The van der Waals surface area contributed by atoms with E-state index in [1.165, 1.54) is 12.8 Å². The Hall–Kier alpha value is -2.28. The topological polar surface area (TPSA) is 88.1 Å². The molecule has 2 saturated carbocycles. The molecule has 1 heterocycles. The van der Waals surface area contributed by atoms with Crippen molar-refractivity contribution in [2.24, 2.45) is 5.92 Å². The fourth-order valence-corrected chi connectivity index (χ4v) is 3.60. The molecule has 2 fully saturated rings. The molecule has 0 bridgehead atoms. The van der Waals surface area contributed by atoms with Gasteiger partial charge in [-0.05, 0) is 43.7 Å². The quantitative estimate of drug-likeness (QED) is 0.761. The summed E-state index contributed by atoms with van der Waals surface area (Å²) in [7, 11) is 0. The van der Waals surface area contributed by atoms with Crippen molar-refractivity contribution in [2.45, 2.75) is 43.9 Å². The molecule has 1 aromatic carbocycles. The fraction of sp³-hybridized carbons (Fsp3) is 0.579. The van der Waals surface area contributed by atoms with Crippen LogP contribution in [0.1, 0.15) is 25.7 Å². The smallest absolute Gasteiger partial charge is 0.317 e. The third-order valence-corrected chi connectivity index (χ3v) is 5.30. The Balaban J connectivity index is 1.25. The van der Waals surface area contributed by atoms with Gasteiger partial charge in [-0.15, -0.1) is 0 Å². The molecule has 7 heteroatoms. The maximum atomic E-state index is 12.4. The van der Waals surface area contributed by atoms with E-state index in [1.54, 1.807) is 6.07 Å². The van der Waals surface area contributed by atoms with Gasteiger partial charge in [0.15, 0.2) is 11.5 Å². The lowest BCUT2D eigenvalue weighted by atomic mass is 9.85. The van der Waals surface area contributed by atoms with Crippen molar-refractivity contribution in [2.75, 3.05) is 19.7 Å². The lowest BCUT2D eigenvalue weighted by molar-refractivity contribution is -0.140. The van der Waals surface area contributed by atoms with Crippen molar-refractivity contribution in [3.05, 3.63) is 24.3 Å². The molecule has 0 saturated heterocycles. The summed E-state index contributed by atoms with van der Waals surface area (Å²) in [5, 5.41) is 12.1. The van der Waals surface area contributed by atoms with Crippen LogP contribution in [0.3, 0.4) is 0 Å². The van der Waals surface area contributed by atoms with Crippen molar-refractivity contribution in [3.8, 4) is 11.5 Å². The van der Waals surface area contributed by atoms with E-state index in [4.69, 9.17) is 14.6 Å². The summed E-state index contributed by atoms with van der Waals surface area (Å²) in [5.74, 6) is 0.933. The van der Waals surface area contributed by atoms with Gasteiger partial charge >= 0.3 is 5.97 Å². The van der Waals surface area contributed by atoms with E-state index >= 15 is 0 Å². The van der Waals surface area contributed by atoms with Crippen LogP contribution >= 0.6 is 0 Å². The lowest BCUT2D eigenvalue weighted by Crippen LogP contribution is -2.57. The number of rotatable bonds is 7. The second-order valence-corrected chi connectivity index (χ2v) is 7.46. The Kier molecular flexibility index (Phi) is 4.72. The minimum Gasteiger partial charge on any atom is -0.485 e. The van der Waals surface area contributed by atoms with Crippen molar-refractivity contribution < 1.29 is 24.2 Å². The summed E-state index contributed by atoms with van der Waals surface area (Å²) in [6.45, 7) is 1.14. The van der Waals surface area contributed by atoms with Crippen LogP contribution < -0.4 is 14.8 Å². The largest absolute Gasteiger partial charge is 0.485 e. The number of carbonyl (C=O) groups excluding carboxylic acids is 1. The predicted molar refractivity (Wildman–Crippen MR) is 93.2 cm³/mol. The normalized spacial score (nSPS) is 26.9. The fourth-order valence-electron chi connectivity index (χ4n) is 3.60. The van der Waals surface area contributed by atoms with Crippen LogP contribution in [0.5, 0.6) is 11.5 Å². The molecule has 1 aromatic rings. The van der Waals surface area contributed by atoms with Gasteiger partial charge in [0.05, 0.1) is 6.54 Å². The van der Waals surface area contributed by atoms with E-state index in [0.717, 1.165) is 19.4 Å². The van der Waals surface area contributed by atoms with E-state index in [-0.39, 0.29) is 31.1 Å². The highest BCUT2D eigenvalue weighted by Gasteiger charge is 2.39. The molecule has 140 valence electrons. The highest BCUT2D eigenvalue weighted by molar-refractivity contribution is 5.82. The molecule has 7 nitrogen and oxygen atoms in total. The number of aliphatic carboxylic acids is 1. The van der Waals surface area contributed by atoms with Crippen molar-refractivity contribution in [1.82, 2.24) is 10.2 Å². The van der Waals surface area contributed by atoms with E-state index in [2.05, 4.69) is 10.2 Å². The number of amides is 1. The summed E-state index contributed by atoms with van der Waals surface area (Å²) < 4.78 is 11.3. The summed E-state index contributed by atoms with van der Waals surface area (Å²) in [4.78, 5) is 25.6. The Morgan fingerprint density at radius 2 is 1.92 bits per heavy atom. The van der Waals surface area contributed by atoms with E-state index < -0.39 is 12.1 Å². The molecule has 0 aromatic heterocycles. The lowest BCUT2D eigenvalue weighted by Gasteiger charge is -2.43. The van der Waals surface area contributed by atoms with Gasteiger partial charge in [-0.25, -0.2) is 0 Å². The van der Waals surface area contributed by atoms with Crippen molar-refractivity contribution in [3.63, 3.8) is 0 Å². The van der Waals surface area contributed by atoms with Crippen LogP contribution in [0.4, 0.5) is 0 Å². The number of nitrogens with zero attached hydrogens (tertiary/aromatic N) is 1. The molecule has 0 radical (unpaired) electrons. The van der Waals surface area contributed by atoms with Crippen LogP contribution in [0.25, 0.3) is 0 Å². The van der Waals surface area contributed by atoms with Crippen LogP contribution in [-0.4, -0.2) is 59.8 Å². The number of ether oxygens (including phenoxy) is 2. The van der Waals surface area contributed by atoms with Gasteiger partial charge in [-0.1, -0.05) is 12.1 Å². The van der Waals surface area contributed by atoms with E-state index in [9.17, 15) is 9.59 Å². The number of carboxylic acid groups (broad SMARTS) is 1. The van der Waals surface area contributed by atoms with Crippen LogP contribution in [-0.2, 0) is 9.59 Å². The minimum atomic E-state index is -0.787. The molecule has 1 unspecified atom stereocenters. The van der Waals surface area contributed by atoms with Crippen LogP contribution in [0.2, 0.25) is 0 Å². The maximum absolute atomic E-state index is 12.4. The van der Waals surface area contributed by atoms with Gasteiger partial charge in [0.1, 0.15) is 6.61 Å². The van der Waals surface area contributed by atoms with Crippen LogP contribution in [0.15, 0.2) is 24.3 Å². The molecule has 2 aliphatic carbocycles. The van der Waals surface area contributed by atoms with Gasteiger partial charge in [0, 0.05) is 18.6 Å². The third kappa shape index (κ3) is 3.93. The summed E-state index contributed by atoms with van der Waals surface area (Å²) in [6, 6.07) is 7.62. The molecule has 3 aliphatic rings. The average Bonchev–Trinajstić information content (AvgIpc) is 3.40. The van der Waals surface area contributed by atoms with Gasteiger partial charge in [0.2, 0.25) is 6.10 Å². The molecular formula is C19H24N2O5. The molecule has 1 aliphatic heterocycles. The predicted octanol–water partition coefficient (Wildman–Crippen LogP) is 1.27. The average molecular weight is 360 g/mol. The zero-order valence-corrected chi connectivity index (χ0v) is 14.6. The Morgan fingerprint density at radius 3 is 2.62 bits per heavy atom. The molecule has 26 heavy (non-hydrogen) atoms. The Morgan fingerprint density at radius 1 is 1.19 bits per heavy atom. The number of fused-ring (bicyclic) bond motifs is 1. The number of nitrogens with one attached hydrogen (secondary N) is 1. The zero-order chi connectivity index (χ0) is 18.1. The van der Waals surface area contributed by atoms with Gasteiger partial charge in [-0.3, -0.25) is 14.5 Å². The first-order chi connectivity index (χ1) is 12.6. The maximum Gasteiger partial charge on any atom is 0.317 e. The number of carboxylic acids is 1. The number of hydrogen-bond donors (Lipinski definition) is 2. The monoisotopic (exact) mass is 360 g/mol. The minimum absolute atomic E-state index is 0.0729. The molecule has 4 rings (SSSR count). The third-order valence-electron chi connectivity index (χ3n) is 5.30. The second kappa shape index (κ2) is 7.15. The van der Waals surface area contributed by atoms with Gasteiger partial charge in [0.25, 0.3) is 5.91 Å².